The summed E-state index contributed by atoms with van der Waals surface area (Å²) in [5.74, 6) is 1.62. The number of likely N-dealkylation sites (tertiary alicyclic amines) is 1. The van der Waals surface area contributed by atoms with Crippen LogP contribution in [0, 0.1) is 13.8 Å². The Morgan fingerprint density at radius 3 is 2.73 bits per heavy atom. The zero-order valence-electron chi connectivity index (χ0n) is 13.5. The molecule has 0 aliphatic carbocycles. The predicted octanol–water partition coefficient (Wildman–Crippen LogP) is 1.73. The van der Waals surface area contributed by atoms with Gasteiger partial charge >= 0.3 is 0 Å². The molecule has 6 heteroatoms. The lowest BCUT2D eigenvalue weighted by atomic mass is 9.99. The lowest BCUT2D eigenvalue weighted by Gasteiger charge is -2.39. The molecule has 0 radical (unpaired) electrons. The molecule has 1 saturated heterocycles. The van der Waals surface area contributed by atoms with Gasteiger partial charge in [0, 0.05) is 37.7 Å². The van der Waals surface area contributed by atoms with Crippen molar-refractivity contribution in [2.45, 2.75) is 46.2 Å². The average molecular weight is 301 g/mol. The lowest BCUT2D eigenvalue weighted by molar-refractivity contribution is -0.136. The van der Waals surface area contributed by atoms with Gasteiger partial charge in [-0.05, 0) is 25.8 Å². The van der Waals surface area contributed by atoms with E-state index in [4.69, 9.17) is 0 Å². The topological polar surface area (TPSA) is 56.0 Å². The van der Waals surface area contributed by atoms with E-state index in [0.717, 1.165) is 37.4 Å². The highest BCUT2D eigenvalue weighted by atomic mass is 16.2. The summed E-state index contributed by atoms with van der Waals surface area (Å²) in [7, 11) is 0. The maximum atomic E-state index is 12.2. The molecule has 0 atom stereocenters. The van der Waals surface area contributed by atoms with E-state index in [2.05, 4.69) is 28.5 Å². The van der Waals surface area contributed by atoms with Crippen LogP contribution in [0.1, 0.15) is 36.3 Å². The van der Waals surface area contributed by atoms with Crippen LogP contribution in [0.5, 0.6) is 0 Å². The third kappa shape index (κ3) is 2.77. The van der Waals surface area contributed by atoms with Crippen LogP contribution < -0.4 is 0 Å². The Labute approximate surface area is 130 Å². The van der Waals surface area contributed by atoms with Gasteiger partial charge in [-0.15, -0.1) is 0 Å². The molecule has 2 aromatic rings. The van der Waals surface area contributed by atoms with Gasteiger partial charge in [0.2, 0.25) is 5.91 Å². The smallest absolute Gasteiger partial charge is 0.244 e. The van der Waals surface area contributed by atoms with Crippen molar-refractivity contribution in [1.29, 1.82) is 0 Å². The fourth-order valence-electron chi connectivity index (χ4n) is 2.96. The van der Waals surface area contributed by atoms with E-state index in [-0.39, 0.29) is 5.91 Å². The molecule has 22 heavy (non-hydrogen) atoms. The van der Waals surface area contributed by atoms with Crippen LogP contribution in [-0.2, 0) is 17.9 Å². The molecule has 0 aromatic carbocycles. The maximum Gasteiger partial charge on any atom is 0.244 e. The van der Waals surface area contributed by atoms with Gasteiger partial charge in [-0.2, -0.15) is 5.10 Å². The van der Waals surface area contributed by atoms with Gasteiger partial charge in [0.1, 0.15) is 12.4 Å². The lowest BCUT2D eigenvalue weighted by Crippen LogP contribution is -2.50. The standard InChI is InChI=1S/C16H23N5O/c1-4-5-21-13(3)7-17-16(21)14-9-19(10-14)15(22)11-20-8-12(2)6-18-20/h6-8,14H,4-5,9-11H2,1-3H3. The van der Waals surface area contributed by atoms with Crippen molar-refractivity contribution < 1.29 is 4.79 Å². The van der Waals surface area contributed by atoms with Crippen molar-refractivity contribution in [1.82, 2.24) is 24.2 Å². The first-order valence-electron chi connectivity index (χ1n) is 7.87. The summed E-state index contributed by atoms with van der Waals surface area (Å²) in [5, 5.41) is 4.17. The fraction of sp³-hybridized carbons (Fsp3) is 0.562. The minimum absolute atomic E-state index is 0.129. The van der Waals surface area contributed by atoms with Crippen molar-refractivity contribution in [2.24, 2.45) is 0 Å². The van der Waals surface area contributed by atoms with E-state index >= 15 is 0 Å². The van der Waals surface area contributed by atoms with Crippen LogP contribution in [0.2, 0.25) is 0 Å². The van der Waals surface area contributed by atoms with E-state index in [1.165, 1.54) is 5.69 Å². The number of hydrogen-bond acceptors (Lipinski definition) is 3. The van der Waals surface area contributed by atoms with E-state index in [1.807, 2.05) is 24.2 Å². The number of aromatic nitrogens is 4. The van der Waals surface area contributed by atoms with E-state index in [0.29, 0.717) is 12.5 Å². The highest BCUT2D eigenvalue weighted by Crippen LogP contribution is 2.27. The highest BCUT2D eigenvalue weighted by molar-refractivity contribution is 5.77. The largest absolute Gasteiger partial charge is 0.339 e. The Morgan fingerprint density at radius 2 is 2.09 bits per heavy atom. The van der Waals surface area contributed by atoms with Crippen LogP contribution >= 0.6 is 0 Å². The summed E-state index contributed by atoms with van der Waals surface area (Å²) in [6, 6.07) is 0. The number of nitrogens with zero attached hydrogens (tertiary/aromatic N) is 5. The third-order valence-corrected chi connectivity index (χ3v) is 4.19. The third-order valence-electron chi connectivity index (χ3n) is 4.19. The second kappa shape index (κ2) is 5.94. The summed E-state index contributed by atoms with van der Waals surface area (Å²) >= 11 is 0. The van der Waals surface area contributed by atoms with Crippen molar-refractivity contribution in [2.75, 3.05) is 13.1 Å². The van der Waals surface area contributed by atoms with Crippen LogP contribution in [0.3, 0.4) is 0 Å². The Hall–Kier alpha value is -2.11. The van der Waals surface area contributed by atoms with Gasteiger partial charge in [-0.25, -0.2) is 4.98 Å². The monoisotopic (exact) mass is 301 g/mol. The minimum Gasteiger partial charge on any atom is -0.339 e. The first-order valence-corrected chi connectivity index (χ1v) is 7.87. The average Bonchev–Trinajstić information content (AvgIpc) is 2.97. The highest BCUT2D eigenvalue weighted by Gasteiger charge is 2.34. The predicted molar refractivity (Wildman–Crippen MR) is 83.5 cm³/mol. The van der Waals surface area contributed by atoms with Crippen molar-refractivity contribution in [3.8, 4) is 0 Å². The van der Waals surface area contributed by atoms with Gasteiger partial charge in [-0.1, -0.05) is 6.92 Å². The molecule has 1 fully saturated rings. The Balaban J connectivity index is 1.58. The molecule has 2 aromatic heterocycles. The number of rotatable bonds is 5. The molecule has 1 aliphatic rings. The molecule has 3 heterocycles. The number of imidazole rings is 1. The Bertz CT molecular complexity index is 666. The van der Waals surface area contributed by atoms with Crippen molar-refractivity contribution >= 4 is 5.91 Å². The van der Waals surface area contributed by atoms with Crippen LogP contribution in [0.15, 0.2) is 18.6 Å². The molecule has 118 valence electrons. The molecule has 1 amide bonds. The summed E-state index contributed by atoms with van der Waals surface area (Å²) in [6.45, 7) is 9.09. The van der Waals surface area contributed by atoms with Crippen LogP contribution in [0.25, 0.3) is 0 Å². The maximum absolute atomic E-state index is 12.2. The Morgan fingerprint density at radius 1 is 1.32 bits per heavy atom. The zero-order valence-corrected chi connectivity index (χ0v) is 13.5. The fourth-order valence-corrected chi connectivity index (χ4v) is 2.96. The van der Waals surface area contributed by atoms with E-state index in [9.17, 15) is 4.79 Å². The summed E-state index contributed by atoms with van der Waals surface area (Å²) in [4.78, 5) is 18.7. The van der Waals surface area contributed by atoms with E-state index in [1.54, 1.807) is 10.9 Å². The van der Waals surface area contributed by atoms with Crippen molar-refractivity contribution in [3.63, 3.8) is 0 Å². The first kappa shape index (κ1) is 14.8. The van der Waals surface area contributed by atoms with Gasteiger partial charge < -0.3 is 9.47 Å². The number of amides is 1. The normalized spacial score (nSPS) is 15.1. The molecule has 0 spiro atoms. The van der Waals surface area contributed by atoms with Crippen molar-refractivity contribution in [3.05, 3.63) is 35.7 Å². The first-order chi connectivity index (χ1) is 10.6. The van der Waals surface area contributed by atoms with Crippen LogP contribution in [0.4, 0.5) is 0 Å². The second-order valence-electron chi connectivity index (χ2n) is 6.12. The molecule has 1 aliphatic heterocycles. The van der Waals surface area contributed by atoms with Gasteiger partial charge in [0.05, 0.1) is 12.1 Å². The number of carbonyl (C=O) groups is 1. The van der Waals surface area contributed by atoms with Gasteiger partial charge in [0.15, 0.2) is 0 Å². The summed E-state index contributed by atoms with van der Waals surface area (Å²) < 4.78 is 3.98. The minimum atomic E-state index is 0.129. The van der Waals surface area contributed by atoms with Gasteiger partial charge in [0.25, 0.3) is 0 Å². The van der Waals surface area contributed by atoms with E-state index < -0.39 is 0 Å². The zero-order chi connectivity index (χ0) is 15.7. The van der Waals surface area contributed by atoms with Crippen LogP contribution in [-0.4, -0.2) is 43.2 Å². The molecule has 6 nitrogen and oxygen atoms in total. The molecule has 0 bridgehead atoms. The molecular weight excluding hydrogens is 278 g/mol. The SMILES string of the molecule is CCCn1c(C)cnc1C1CN(C(=O)Cn2cc(C)cn2)C1. The molecular formula is C16H23N5O. The molecule has 0 unspecified atom stereocenters. The number of carbonyl (C=O) groups excluding carboxylic acids is 1. The number of hydrogen-bond donors (Lipinski definition) is 0. The Kier molecular flexibility index (Phi) is 4.00. The summed E-state index contributed by atoms with van der Waals surface area (Å²) in [6.07, 6.45) is 6.70. The molecule has 0 saturated carbocycles. The molecule has 3 rings (SSSR count). The quantitative estimate of drug-likeness (QED) is 0.845. The van der Waals surface area contributed by atoms with Gasteiger partial charge in [-0.3, -0.25) is 9.48 Å². The molecule has 0 N–H and O–H groups in total. The summed E-state index contributed by atoms with van der Waals surface area (Å²) in [5.41, 5.74) is 2.28. The second-order valence-corrected chi connectivity index (χ2v) is 6.12. The number of aryl methyl sites for hydroxylation is 2.